The maximum atomic E-state index is 4.20. The van der Waals surface area contributed by atoms with Crippen molar-refractivity contribution in [3.05, 3.63) is 55.7 Å². The SMILES string of the molecule is Ic1cccc(N=Nc2cccc(I)c2)c1. The summed E-state index contributed by atoms with van der Waals surface area (Å²) in [5, 5.41) is 8.39. The number of nitrogens with zero attached hydrogens (tertiary/aromatic N) is 2. The fourth-order valence-corrected chi connectivity index (χ4v) is 2.25. The third kappa shape index (κ3) is 3.51. The third-order valence-corrected chi connectivity index (χ3v) is 3.24. The molecule has 2 rings (SSSR count). The van der Waals surface area contributed by atoms with Crippen molar-refractivity contribution >= 4 is 56.6 Å². The largest absolute Gasteiger partial charge is 0.151 e. The van der Waals surface area contributed by atoms with Gasteiger partial charge in [-0.25, -0.2) is 0 Å². The molecule has 2 nitrogen and oxygen atoms in total. The normalized spacial score (nSPS) is 10.9. The van der Waals surface area contributed by atoms with E-state index in [9.17, 15) is 0 Å². The second kappa shape index (κ2) is 5.72. The summed E-state index contributed by atoms with van der Waals surface area (Å²) in [6.07, 6.45) is 0. The first-order chi connectivity index (χ1) is 7.74. The molecule has 0 fully saturated rings. The highest BCUT2D eigenvalue weighted by atomic mass is 127. The molecule has 0 amide bonds. The minimum Gasteiger partial charge on any atom is -0.151 e. The average molecular weight is 434 g/mol. The van der Waals surface area contributed by atoms with Crippen LogP contribution in [0.25, 0.3) is 0 Å². The molecule has 0 N–H and O–H groups in total. The van der Waals surface area contributed by atoms with Crippen molar-refractivity contribution in [2.45, 2.75) is 0 Å². The Bertz CT molecular complexity index is 476. The molecule has 4 heteroatoms. The van der Waals surface area contributed by atoms with Gasteiger partial charge >= 0.3 is 0 Å². The molecule has 0 aliphatic rings. The van der Waals surface area contributed by atoms with Gasteiger partial charge < -0.3 is 0 Å². The zero-order valence-corrected chi connectivity index (χ0v) is 12.6. The molecule has 16 heavy (non-hydrogen) atoms. The molecule has 0 aliphatic carbocycles. The number of azo groups is 1. The Morgan fingerprint density at radius 2 is 1.12 bits per heavy atom. The zero-order chi connectivity index (χ0) is 11.4. The van der Waals surface area contributed by atoms with Crippen molar-refractivity contribution < 1.29 is 0 Å². The van der Waals surface area contributed by atoms with Crippen molar-refractivity contribution in [1.82, 2.24) is 0 Å². The summed E-state index contributed by atoms with van der Waals surface area (Å²) < 4.78 is 2.33. The Hall–Kier alpha value is -0.500. The van der Waals surface area contributed by atoms with E-state index in [1.807, 2.05) is 48.5 Å². The Balaban J connectivity index is 2.21. The van der Waals surface area contributed by atoms with Gasteiger partial charge in [0, 0.05) is 7.14 Å². The molecule has 0 bridgehead atoms. The fraction of sp³-hybridized carbons (Fsp3) is 0. The van der Waals surface area contributed by atoms with Crippen LogP contribution < -0.4 is 0 Å². The molecule has 0 spiro atoms. The van der Waals surface area contributed by atoms with Crippen molar-refractivity contribution in [3.63, 3.8) is 0 Å². The molecule has 0 aromatic heterocycles. The van der Waals surface area contributed by atoms with Gasteiger partial charge in [0.25, 0.3) is 0 Å². The van der Waals surface area contributed by atoms with Crippen molar-refractivity contribution in [3.8, 4) is 0 Å². The lowest BCUT2D eigenvalue weighted by atomic mass is 10.3. The Morgan fingerprint density at radius 3 is 1.50 bits per heavy atom. The molecule has 2 aromatic rings. The highest BCUT2D eigenvalue weighted by molar-refractivity contribution is 14.1. The van der Waals surface area contributed by atoms with Gasteiger partial charge in [0.1, 0.15) is 0 Å². The van der Waals surface area contributed by atoms with Crippen molar-refractivity contribution in [1.29, 1.82) is 0 Å². The maximum absolute atomic E-state index is 4.20. The third-order valence-electron chi connectivity index (χ3n) is 1.90. The van der Waals surface area contributed by atoms with Crippen LogP contribution in [0, 0.1) is 7.14 Å². The fourth-order valence-electron chi connectivity index (χ4n) is 1.19. The predicted molar refractivity (Wildman–Crippen MR) is 82.5 cm³/mol. The molecule has 0 saturated heterocycles. The number of hydrogen-bond acceptors (Lipinski definition) is 2. The first-order valence-electron chi connectivity index (χ1n) is 4.67. The number of hydrogen-bond donors (Lipinski definition) is 0. The minimum atomic E-state index is 0.880. The van der Waals surface area contributed by atoms with E-state index in [0.717, 1.165) is 18.5 Å². The highest BCUT2D eigenvalue weighted by Crippen LogP contribution is 2.21. The zero-order valence-electron chi connectivity index (χ0n) is 8.27. The van der Waals surface area contributed by atoms with Crippen LogP contribution in [-0.2, 0) is 0 Å². The van der Waals surface area contributed by atoms with E-state index in [1.54, 1.807) is 0 Å². The second-order valence-corrected chi connectivity index (χ2v) is 5.65. The molecular weight excluding hydrogens is 426 g/mol. The molecule has 0 radical (unpaired) electrons. The molecule has 0 atom stereocenters. The number of halogens is 2. The van der Waals surface area contributed by atoms with Gasteiger partial charge in [-0.1, -0.05) is 12.1 Å². The smallest absolute Gasteiger partial charge is 0.0867 e. The van der Waals surface area contributed by atoms with E-state index in [0.29, 0.717) is 0 Å². The molecule has 0 unspecified atom stereocenters. The van der Waals surface area contributed by atoms with E-state index in [2.05, 4.69) is 55.4 Å². The van der Waals surface area contributed by atoms with E-state index in [4.69, 9.17) is 0 Å². The average Bonchev–Trinajstić information content (AvgIpc) is 2.27. The Kier molecular flexibility index (Phi) is 4.28. The molecule has 2 aromatic carbocycles. The summed E-state index contributed by atoms with van der Waals surface area (Å²) in [7, 11) is 0. The summed E-state index contributed by atoms with van der Waals surface area (Å²) in [5.41, 5.74) is 1.76. The number of rotatable bonds is 2. The van der Waals surface area contributed by atoms with Crippen LogP contribution in [0.2, 0.25) is 0 Å². The van der Waals surface area contributed by atoms with Crippen molar-refractivity contribution in [2.75, 3.05) is 0 Å². The van der Waals surface area contributed by atoms with E-state index >= 15 is 0 Å². The lowest BCUT2D eigenvalue weighted by Crippen LogP contribution is -1.69. The molecular formula is C12H8I2N2. The number of benzene rings is 2. The highest BCUT2D eigenvalue weighted by Gasteiger charge is 1.92. The van der Waals surface area contributed by atoms with Gasteiger partial charge in [0.2, 0.25) is 0 Å². The summed E-state index contributed by atoms with van der Waals surface area (Å²) in [6.45, 7) is 0. The molecule has 80 valence electrons. The second-order valence-electron chi connectivity index (χ2n) is 3.16. The van der Waals surface area contributed by atoms with Gasteiger partial charge in [0.05, 0.1) is 11.4 Å². The standard InChI is InChI=1S/C12H8I2N2/c13-9-3-1-5-11(7-9)15-16-12-6-2-4-10(14)8-12/h1-8H. The predicted octanol–water partition coefficient (Wildman–Crippen LogP) is 5.31. The molecule has 0 saturated carbocycles. The van der Waals surface area contributed by atoms with E-state index in [-0.39, 0.29) is 0 Å². The Labute approximate surface area is 121 Å². The summed E-state index contributed by atoms with van der Waals surface area (Å²) in [6, 6.07) is 15.9. The van der Waals surface area contributed by atoms with Gasteiger partial charge in [0.15, 0.2) is 0 Å². The Morgan fingerprint density at radius 1 is 0.688 bits per heavy atom. The van der Waals surface area contributed by atoms with Crippen molar-refractivity contribution in [2.24, 2.45) is 10.2 Å². The summed E-state index contributed by atoms with van der Waals surface area (Å²) >= 11 is 4.52. The van der Waals surface area contributed by atoms with Crippen LogP contribution >= 0.6 is 45.2 Å². The lowest BCUT2D eigenvalue weighted by molar-refractivity contribution is 1.23. The van der Waals surface area contributed by atoms with Gasteiger partial charge in [-0.05, 0) is 81.6 Å². The van der Waals surface area contributed by atoms with E-state index in [1.165, 1.54) is 0 Å². The van der Waals surface area contributed by atoms with Crippen LogP contribution in [0.1, 0.15) is 0 Å². The monoisotopic (exact) mass is 434 g/mol. The van der Waals surface area contributed by atoms with Crippen LogP contribution in [-0.4, -0.2) is 0 Å². The summed E-state index contributed by atoms with van der Waals surface area (Å²) in [4.78, 5) is 0. The molecule has 0 heterocycles. The van der Waals surface area contributed by atoms with E-state index < -0.39 is 0 Å². The van der Waals surface area contributed by atoms with Crippen LogP contribution in [0.15, 0.2) is 58.8 Å². The van der Waals surface area contributed by atoms with Gasteiger partial charge in [-0.2, -0.15) is 10.2 Å². The molecule has 0 aliphatic heterocycles. The lowest BCUT2D eigenvalue weighted by Gasteiger charge is -1.95. The maximum Gasteiger partial charge on any atom is 0.0867 e. The van der Waals surface area contributed by atoms with Crippen LogP contribution in [0.4, 0.5) is 11.4 Å². The van der Waals surface area contributed by atoms with Crippen LogP contribution in [0.5, 0.6) is 0 Å². The first-order valence-corrected chi connectivity index (χ1v) is 6.83. The minimum absolute atomic E-state index is 0.880. The quantitative estimate of drug-likeness (QED) is 0.453. The first kappa shape index (κ1) is 12.0. The van der Waals surface area contributed by atoms with Crippen LogP contribution in [0.3, 0.4) is 0 Å². The summed E-state index contributed by atoms with van der Waals surface area (Å²) in [5.74, 6) is 0. The topological polar surface area (TPSA) is 24.7 Å². The van der Waals surface area contributed by atoms with Gasteiger partial charge in [-0.15, -0.1) is 0 Å². The van der Waals surface area contributed by atoms with Gasteiger partial charge in [-0.3, -0.25) is 0 Å².